The first-order chi connectivity index (χ1) is 9.82. The lowest BCUT2D eigenvalue weighted by Gasteiger charge is -2.20. The van der Waals surface area contributed by atoms with Crippen molar-refractivity contribution in [3.8, 4) is 0 Å². The van der Waals surface area contributed by atoms with Gasteiger partial charge in [0.05, 0.1) is 5.02 Å². The summed E-state index contributed by atoms with van der Waals surface area (Å²) in [6.45, 7) is 5.92. The maximum atomic E-state index is 11.6. The minimum Gasteiger partial charge on any atom is -0.805 e. The molecule has 0 bridgehead atoms. The maximum absolute atomic E-state index is 11.6. The van der Waals surface area contributed by atoms with Gasteiger partial charge in [-0.25, -0.2) is 0 Å². The van der Waals surface area contributed by atoms with Crippen LogP contribution in [0.4, 0.5) is 0 Å². The van der Waals surface area contributed by atoms with Crippen LogP contribution in [0, 0.1) is 23.7 Å². The van der Waals surface area contributed by atoms with Crippen LogP contribution in [-0.2, 0) is 10.3 Å². The first-order valence-corrected chi connectivity index (χ1v) is 7.86. The van der Waals surface area contributed by atoms with E-state index in [0.29, 0.717) is 5.56 Å². The van der Waals surface area contributed by atoms with Crippen LogP contribution in [0.15, 0.2) is 30.5 Å². The van der Waals surface area contributed by atoms with Gasteiger partial charge in [0, 0.05) is 5.92 Å². The summed E-state index contributed by atoms with van der Waals surface area (Å²) in [5.41, 5.74) is 3.88. The van der Waals surface area contributed by atoms with Crippen molar-refractivity contribution in [2.75, 3.05) is 0 Å². The largest absolute Gasteiger partial charge is 0.805 e. The highest BCUT2D eigenvalue weighted by Crippen LogP contribution is 2.32. The van der Waals surface area contributed by atoms with E-state index in [4.69, 9.17) is 11.6 Å². The molecule has 21 heavy (non-hydrogen) atoms. The predicted molar refractivity (Wildman–Crippen MR) is 83.8 cm³/mol. The van der Waals surface area contributed by atoms with Crippen LogP contribution >= 0.6 is 11.6 Å². The summed E-state index contributed by atoms with van der Waals surface area (Å²) in [5.74, 6) is -0.110. The number of benzene rings is 1. The van der Waals surface area contributed by atoms with E-state index in [0.717, 1.165) is 16.7 Å². The first-order valence-electron chi connectivity index (χ1n) is 6.41. The third-order valence-electron chi connectivity index (χ3n) is 3.56. The average Bonchev–Trinajstić information content (AvgIpc) is 2.40. The zero-order valence-electron chi connectivity index (χ0n) is 11.9. The number of hydrogen-bond donors (Lipinski definition) is 0. The van der Waals surface area contributed by atoms with Crippen molar-refractivity contribution < 1.29 is 8.42 Å². The monoisotopic (exact) mass is 324 g/mol. The molecule has 4 nitrogen and oxygen atoms in total. The van der Waals surface area contributed by atoms with E-state index < -0.39 is 14.9 Å². The van der Waals surface area contributed by atoms with Gasteiger partial charge in [-0.3, -0.25) is 0 Å². The van der Waals surface area contributed by atoms with Crippen molar-refractivity contribution in [3.63, 3.8) is 0 Å². The number of halogens is 1. The van der Waals surface area contributed by atoms with E-state index in [1.165, 1.54) is 6.20 Å². The van der Waals surface area contributed by atoms with E-state index in [-0.39, 0.29) is 15.7 Å². The molecule has 0 fully saturated rings. The molecule has 0 saturated heterocycles. The molecule has 0 aliphatic rings. The second-order valence-corrected chi connectivity index (χ2v) is 6.27. The molecular formula is C15H15ClNO3S-. The summed E-state index contributed by atoms with van der Waals surface area (Å²) in [7, 11) is -2.68. The van der Waals surface area contributed by atoms with Crippen LogP contribution in [0.5, 0.6) is 0 Å². The number of aryl methyl sites for hydroxylation is 2. The molecule has 6 heteroatoms. The number of pyridine rings is 1. The van der Waals surface area contributed by atoms with Crippen LogP contribution in [0.2, 0.25) is 5.02 Å². The summed E-state index contributed by atoms with van der Waals surface area (Å²) in [5, 5.41) is 11.5. The fraction of sp³-hybridized carbons (Fsp3) is 0.267. The zero-order valence-corrected chi connectivity index (χ0v) is 13.5. The maximum Gasteiger partial charge on any atom is 0.239 e. The molecule has 0 spiro atoms. The van der Waals surface area contributed by atoms with Crippen molar-refractivity contribution >= 4 is 21.9 Å². The van der Waals surface area contributed by atoms with E-state index in [1.54, 1.807) is 6.07 Å². The molecule has 1 heterocycles. The molecule has 1 unspecified atom stereocenters. The Bertz CT molecular complexity index is 861. The van der Waals surface area contributed by atoms with Crippen LogP contribution in [0.1, 0.15) is 35.1 Å². The molecule has 0 radical (unpaired) electrons. The Morgan fingerprint density at radius 1 is 1.19 bits per heavy atom. The molecule has 0 amide bonds. The Morgan fingerprint density at radius 3 is 2.48 bits per heavy atom. The van der Waals surface area contributed by atoms with Gasteiger partial charge >= 0.3 is 0 Å². The minimum absolute atomic E-state index is 0.0192. The van der Waals surface area contributed by atoms with Gasteiger partial charge in [0.25, 0.3) is 0 Å². The van der Waals surface area contributed by atoms with Crippen LogP contribution in [0.25, 0.3) is 0 Å². The third kappa shape index (κ3) is 2.99. The summed E-state index contributed by atoms with van der Waals surface area (Å²) >= 11 is 6.13. The number of nitrogens with zero attached hydrogens (tertiary/aromatic N) is 1. The van der Waals surface area contributed by atoms with Gasteiger partial charge in [0.2, 0.25) is 10.3 Å². The smallest absolute Gasteiger partial charge is 0.239 e. The molecule has 2 aromatic rings. The van der Waals surface area contributed by atoms with E-state index in [1.807, 2.05) is 39.0 Å². The fourth-order valence-corrected chi connectivity index (χ4v) is 3.35. The third-order valence-corrected chi connectivity index (χ3v) is 4.77. The lowest BCUT2D eigenvalue weighted by Crippen LogP contribution is -2.04. The Balaban J connectivity index is 2.71. The highest BCUT2D eigenvalue weighted by molar-refractivity contribution is 7.63. The Hall–Kier alpha value is -1.72. The van der Waals surface area contributed by atoms with Crippen molar-refractivity contribution in [1.29, 1.82) is 0 Å². The van der Waals surface area contributed by atoms with E-state index >= 15 is 0 Å². The standard InChI is InChI=1S/C15H15ClNO3S/c1-9-4-5-10(2)13(8-9)11(3)12-6-7-17(18)15(14(12)16)21(19)20/h4-8,11H,1-3H3/q-1. The molecule has 0 saturated carbocycles. The average molecular weight is 325 g/mol. The van der Waals surface area contributed by atoms with Crippen molar-refractivity contribution in [2.24, 2.45) is 0 Å². The van der Waals surface area contributed by atoms with E-state index in [9.17, 15) is 13.6 Å². The zero-order chi connectivity index (χ0) is 15.7. The minimum atomic E-state index is -2.68. The summed E-state index contributed by atoms with van der Waals surface area (Å²) in [4.78, 5) is 0. The van der Waals surface area contributed by atoms with Crippen LogP contribution in [-0.4, -0.2) is 13.1 Å². The fourth-order valence-electron chi connectivity index (χ4n) is 2.38. The second kappa shape index (κ2) is 5.95. The van der Waals surface area contributed by atoms with Crippen molar-refractivity contribution in [2.45, 2.75) is 26.7 Å². The van der Waals surface area contributed by atoms with Gasteiger partial charge < -0.3 is 9.94 Å². The molecule has 0 N–H and O–H groups in total. The quantitative estimate of drug-likeness (QED) is 0.792. The SMILES string of the molecule is Cc1ccc(C)c(C(C)c2ccn([O-])c(=S(=O)=O)c2Cl)c1. The predicted octanol–water partition coefficient (Wildman–Crippen LogP) is 3.67. The Labute approximate surface area is 129 Å². The van der Waals surface area contributed by atoms with Gasteiger partial charge in [0.15, 0.2) is 4.64 Å². The molecule has 112 valence electrons. The summed E-state index contributed by atoms with van der Waals surface area (Å²) < 4.78 is 22.2. The van der Waals surface area contributed by atoms with E-state index in [2.05, 4.69) is 0 Å². The molecule has 2 rings (SSSR count). The number of rotatable bonds is 2. The topological polar surface area (TPSA) is 62.1 Å². The van der Waals surface area contributed by atoms with Gasteiger partial charge in [-0.2, -0.15) is 8.42 Å². The highest BCUT2D eigenvalue weighted by Gasteiger charge is 2.16. The first kappa shape index (κ1) is 15.7. The second-order valence-electron chi connectivity index (χ2n) is 5.03. The van der Waals surface area contributed by atoms with Crippen molar-refractivity contribution in [3.05, 3.63) is 67.6 Å². The number of aromatic nitrogens is 1. The van der Waals surface area contributed by atoms with Crippen LogP contribution < -0.4 is 0 Å². The highest BCUT2D eigenvalue weighted by atomic mass is 35.5. The van der Waals surface area contributed by atoms with Gasteiger partial charge in [0.1, 0.15) is 0 Å². The van der Waals surface area contributed by atoms with Gasteiger partial charge in [-0.15, -0.1) is 0 Å². The lowest BCUT2D eigenvalue weighted by molar-refractivity contribution is 0.623. The summed E-state index contributed by atoms with van der Waals surface area (Å²) in [6, 6.07) is 7.64. The number of hydrogen-bond acceptors (Lipinski definition) is 3. The lowest BCUT2D eigenvalue weighted by atomic mass is 9.89. The molecular weight excluding hydrogens is 310 g/mol. The summed E-state index contributed by atoms with van der Waals surface area (Å²) in [6.07, 6.45) is 1.17. The molecule has 1 atom stereocenters. The van der Waals surface area contributed by atoms with Crippen molar-refractivity contribution in [1.82, 2.24) is 4.73 Å². The molecule has 0 aliphatic carbocycles. The van der Waals surface area contributed by atoms with Gasteiger partial charge in [-0.05, 0) is 42.8 Å². The Kier molecular flexibility index (Phi) is 4.44. The molecule has 1 aromatic heterocycles. The Morgan fingerprint density at radius 2 is 1.86 bits per heavy atom. The molecule has 1 aromatic carbocycles. The van der Waals surface area contributed by atoms with Crippen LogP contribution in [0.3, 0.4) is 0 Å². The van der Waals surface area contributed by atoms with Gasteiger partial charge in [-0.1, -0.05) is 42.3 Å². The molecule has 0 aliphatic heterocycles. The normalized spacial score (nSPS) is 12.2.